The lowest BCUT2D eigenvalue weighted by molar-refractivity contribution is -0.142. The summed E-state index contributed by atoms with van der Waals surface area (Å²) in [5.74, 6) is 0.792. The largest absolute Gasteiger partial charge is 0.368 e. The molecule has 8 heteroatoms. The summed E-state index contributed by atoms with van der Waals surface area (Å²) in [4.78, 5) is 34.7. The van der Waals surface area contributed by atoms with Gasteiger partial charge in [0.05, 0.1) is 0 Å². The predicted molar refractivity (Wildman–Crippen MR) is 116 cm³/mol. The minimum Gasteiger partial charge on any atom is -0.368 e. The number of amides is 2. The number of piperazine rings is 1. The molecule has 0 bridgehead atoms. The summed E-state index contributed by atoms with van der Waals surface area (Å²) < 4.78 is 5.54. The fraction of sp³-hybridized carbons (Fsp3) is 0.591. The van der Waals surface area contributed by atoms with Gasteiger partial charge in [0.2, 0.25) is 5.91 Å². The zero-order valence-corrected chi connectivity index (χ0v) is 18.0. The van der Waals surface area contributed by atoms with Crippen LogP contribution in [0.15, 0.2) is 35.3 Å². The SMILES string of the molecule is CN(C)C(=O)CN=C(NCCc1ccccc1)N1CCN(C(=O)C2CCCO2)CC1. The standard InChI is InChI=1S/C22H33N5O3/c1-25(2)20(28)17-24-22(23-11-10-18-7-4-3-5-8-18)27-14-12-26(13-15-27)21(29)19-9-6-16-30-19/h3-5,7-8,19H,6,9-17H2,1-2H3,(H,23,24). The number of nitrogens with one attached hydrogen (secondary N) is 1. The van der Waals surface area contributed by atoms with Crippen molar-refractivity contribution in [1.29, 1.82) is 0 Å². The van der Waals surface area contributed by atoms with Gasteiger partial charge < -0.3 is 24.8 Å². The van der Waals surface area contributed by atoms with Crippen LogP contribution in [0.5, 0.6) is 0 Å². The Kier molecular flexibility index (Phi) is 8.07. The van der Waals surface area contributed by atoms with Crippen LogP contribution < -0.4 is 5.32 Å². The maximum absolute atomic E-state index is 12.6. The third-order valence-electron chi connectivity index (χ3n) is 5.50. The number of benzene rings is 1. The number of carbonyl (C=O) groups excluding carboxylic acids is 2. The summed E-state index contributed by atoms with van der Waals surface area (Å²) in [7, 11) is 3.46. The third-order valence-corrected chi connectivity index (χ3v) is 5.50. The van der Waals surface area contributed by atoms with E-state index in [-0.39, 0.29) is 24.5 Å². The van der Waals surface area contributed by atoms with E-state index in [2.05, 4.69) is 27.3 Å². The smallest absolute Gasteiger partial charge is 0.251 e. The molecule has 8 nitrogen and oxygen atoms in total. The molecule has 1 aromatic rings. The Bertz CT molecular complexity index is 724. The summed E-state index contributed by atoms with van der Waals surface area (Å²) in [6.45, 7) is 4.17. The molecule has 2 amide bonds. The van der Waals surface area contributed by atoms with Gasteiger partial charge in [-0.3, -0.25) is 9.59 Å². The molecule has 30 heavy (non-hydrogen) atoms. The fourth-order valence-corrected chi connectivity index (χ4v) is 3.63. The quantitative estimate of drug-likeness (QED) is 0.544. The lowest BCUT2D eigenvalue weighted by Crippen LogP contribution is -2.55. The van der Waals surface area contributed by atoms with Crippen molar-refractivity contribution in [3.8, 4) is 0 Å². The first-order valence-electron chi connectivity index (χ1n) is 10.7. The van der Waals surface area contributed by atoms with E-state index >= 15 is 0 Å². The Balaban J connectivity index is 1.56. The Morgan fingerprint density at radius 1 is 1.13 bits per heavy atom. The van der Waals surface area contributed by atoms with Gasteiger partial charge in [0.15, 0.2) is 5.96 Å². The highest BCUT2D eigenvalue weighted by atomic mass is 16.5. The second kappa shape index (κ2) is 11.0. The monoisotopic (exact) mass is 415 g/mol. The van der Waals surface area contributed by atoms with Gasteiger partial charge in [-0.25, -0.2) is 4.99 Å². The molecule has 0 aromatic heterocycles. The van der Waals surface area contributed by atoms with Crippen molar-refractivity contribution in [3.63, 3.8) is 0 Å². The summed E-state index contributed by atoms with van der Waals surface area (Å²) in [6, 6.07) is 10.3. The van der Waals surface area contributed by atoms with Crippen molar-refractivity contribution in [1.82, 2.24) is 20.0 Å². The number of likely N-dealkylation sites (N-methyl/N-ethyl adjacent to an activating group) is 1. The minimum atomic E-state index is -0.272. The van der Waals surface area contributed by atoms with Gasteiger partial charge in [-0.05, 0) is 24.8 Å². The van der Waals surface area contributed by atoms with Crippen LogP contribution in [-0.4, -0.2) is 98.5 Å². The van der Waals surface area contributed by atoms with Gasteiger partial charge in [-0.1, -0.05) is 30.3 Å². The third kappa shape index (κ3) is 6.19. The van der Waals surface area contributed by atoms with Crippen LogP contribution in [-0.2, 0) is 20.7 Å². The van der Waals surface area contributed by atoms with Crippen molar-refractivity contribution in [2.75, 3.05) is 60.0 Å². The summed E-state index contributed by atoms with van der Waals surface area (Å²) in [5, 5.41) is 3.41. The van der Waals surface area contributed by atoms with E-state index in [9.17, 15) is 9.59 Å². The first-order valence-corrected chi connectivity index (χ1v) is 10.7. The van der Waals surface area contributed by atoms with E-state index in [1.54, 1.807) is 19.0 Å². The maximum Gasteiger partial charge on any atom is 0.251 e. The van der Waals surface area contributed by atoms with E-state index in [0.717, 1.165) is 31.8 Å². The second-order valence-electron chi connectivity index (χ2n) is 7.90. The number of nitrogens with zero attached hydrogens (tertiary/aromatic N) is 4. The van der Waals surface area contributed by atoms with Gasteiger partial charge in [0.1, 0.15) is 12.6 Å². The number of hydrogen-bond acceptors (Lipinski definition) is 4. The molecule has 1 N–H and O–H groups in total. The van der Waals surface area contributed by atoms with Crippen LogP contribution >= 0.6 is 0 Å². The number of hydrogen-bond donors (Lipinski definition) is 1. The highest BCUT2D eigenvalue weighted by molar-refractivity contribution is 5.85. The molecule has 2 saturated heterocycles. The van der Waals surface area contributed by atoms with Gasteiger partial charge in [-0.2, -0.15) is 0 Å². The lowest BCUT2D eigenvalue weighted by Gasteiger charge is -2.37. The topological polar surface area (TPSA) is 77.5 Å². The number of ether oxygens (including phenoxy) is 1. The molecule has 2 aliphatic rings. The van der Waals surface area contributed by atoms with E-state index < -0.39 is 0 Å². The average molecular weight is 416 g/mol. The Labute approximate surface area is 178 Å². The van der Waals surface area contributed by atoms with Crippen molar-refractivity contribution < 1.29 is 14.3 Å². The van der Waals surface area contributed by atoms with Gasteiger partial charge in [0.25, 0.3) is 5.91 Å². The van der Waals surface area contributed by atoms with Crippen LogP contribution in [0.2, 0.25) is 0 Å². The molecule has 2 aliphatic heterocycles. The van der Waals surface area contributed by atoms with Crippen molar-refractivity contribution in [2.24, 2.45) is 4.99 Å². The zero-order chi connectivity index (χ0) is 21.3. The van der Waals surface area contributed by atoms with E-state index in [4.69, 9.17) is 4.74 Å². The Hall–Kier alpha value is -2.61. The van der Waals surface area contributed by atoms with Crippen molar-refractivity contribution in [2.45, 2.75) is 25.4 Å². The maximum atomic E-state index is 12.6. The van der Waals surface area contributed by atoms with Gasteiger partial charge >= 0.3 is 0 Å². The Morgan fingerprint density at radius 3 is 2.47 bits per heavy atom. The molecule has 164 valence electrons. The zero-order valence-electron chi connectivity index (χ0n) is 18.0. The minimum absolute atomic E-state index is 0.0374. The molecule has 0 radical (unpaired) electrons. The Morgan fingerprint density at radius 2 is 1.83 bits per heavy atom. The van der Waals surface area contributed by atoms with Crippen LogP contribution in [0.4, 0.5) is 0 Å². The fourth-order valence-electron chi connectivity index (χ4n) is 3.63. The van der Waals surface area contributed by atoms with Crippen molar-refractivity contribution >= 4 is 17.8 Å². The highest BCUT2D eigenvalue weighted by Crippen LogP contribution is 2.16. The molecule has 1 aromatic carbocycles. The number of carbonyl (C=O) groups is 2. The predicted octanol–water partition coefficient (Wildman–Crippen LogP) is 0.586. The molecule has 2 heterocycles. The van der Waals surface area contributed by atoms with Gasteiger partial charge in [-0.15, -0.1) is 0 Å². The van der Waals surface area contributed by atoms with E-state index in [1.807, 2.05) is 23.1 Å². The molecular weight excluding hydrogens is 382 g/mol. The molecular formula is C22H33N5O3. The second-order valence-corrected chi connectivity index (χ2v) is 7.90. The molecule has 2 fully saturated rings. The normalized spacial score (nSPS) is 19.7. The van der Waals surface area contributed by atoms with E-state index in [1.165, 1.54) is 5.56 Å². The van der Waals surface area contributed by atoms with Gasteiger partial charge in [0, 0.05) is 53.4 Å². The summed E-state index contributed by atoms with van der Waals surface area (Å²) in [5.41, 5.74) is 1.25. The summed E-state index contributed by atoms with van der Waals surface area (Å²) in [6.07, 6.45) is 2.38. The molecule has 0 saturated carbocycles. The van der Waals surface area contributed by atoms with E-state index in [0.29, 0.717) is 32.8 Å². The highest BCUT2D eigenvalue weighted by Gasteiger charge is 2.31. The molecule has 1 unspecified atom stereocenters. The molecule has 0 spiro atoms. The lowest BCUT2D eigenvalue weighted by atomic mass is 10.1. The number of guanidine groups is 1. The van der Waals surface area contributed by atoms with Crippen LogP contribution in [0, 0.1) is 0 Å². The van der Waals surface area contributed by atoms with Crippen molar-refractivity contribution in [3.05, 3.63) is 35.9 Å². The number of aliphatic imine (C=N–C) groups is 1. The molecule has 1 atom stereocenters. The first-order chi connectivity index (χ1) is 14.5. The van der Waals surface area contributed by atoms with Crippen LogP contribution in [0.1, 0.15) is 18.4 Å². The first kappa shape index (κ1) is 22.1. The molecule has 0 aliphatic carbocycles. The molecule has 3 rings (SSSR count). The van der Waals surface area contributed by atoms with Crippen LogP contribution in [0.25, 0.3) is 0 Å². The number of rotatable bonds is 6. The van der Waals surface area contributed by atoms with Crippen LogP contribution in [0.3, 0.4) is 0 Å². The summed E-state index contributed by atoms with van der Waals surface area (Å²) >= 11 is 0. The average Bonchev–Trinajstić information content (AvgIpc) is 3.31.